The predicted molar refractivity (Wildman–Crippen MR) is 84.0 cm³/mol. The molecule has 1 aliphatic rings. The lowest BCUT2D eigenvalue weighted by Crippen LogP contribution is -2.46. The maximum atomic E-state index is 12.2. The van der Waals surface area contributed by atoms with E-state index in [2.05, 4.69) is 22.7 Å². The minimum Gasteiger partial charge on any atom is -0.352 e. The smallest absolute Gasteiger partial charge is 0.237 e. The first-order valence-electron chi connectivity index (χ1n) is 8.02. The van der Waals surface area contributed by atoms with Crippen LogP contribution in [0.2, 0.25) is 0 Å². The van der Waals surface area contributed by atoms with Crippen LogP contribution in [0, 0.1) is 13.8 Å². The molecule has 1 atom stereocenters. The van der Waals surface area contributed by atoms with Gasteiger partial charge in [0.2, 0.25) is 5.91 Å². The van der Waals surface area contributed by atoms with Crippen LogP contribution < -0.4 is 10.6 Å². The molecule has 0 saturated heterocycles. The normalized spacial score (nSPS) is 17.7. The van der Waals surface area contributed by atoms with Gasteiger partial charge in [0.25, 0.3) is 0 Å². The average Bonchev–Trinajstić information content (AvgIpc) is 2.71. The molecule has 0 radical (unpaired) electrons. The van der Waals surface area contributed by atoms with Crippen molar-refractivity contribution in [1.29, 1.82) is 0 Å². The number of nitrogens with one attached hydrogen (secondary N) is 2. The third-order valence-electron chi connectivity index (χ3n) is 4.59. The second-order valence-electron chi connectivity index (χ2n) is 6.22. The van der Waals surface area contributed by atoms with Crippen molar-refractivity contribution in [3.63, 3.8) is 0 Å². The Bertz CT molecular complexity index is 489. The molecule has 1 aliphatic carbocycles. The Hall–Kier alpha value is -1.36. The van der Waals surface area contributed by atoms with Crippen LogP contribution >= 0.6 is 0 Å². The van der Waals surface area contributed by atoms with E-state index in [-0.39, 0.29) is 11.9 Å². The van der Waals surface area contributed by atoms with Gasteiger partial charge in [-0.2, -0.15) is 5.10 Å². The molecular weight excluding hydrogens is 264 g/mol. The van der Waals surface area contributed by atoms with Crippen LogP contribution in [0.15, 0.2) is 0 Å². The molecule has 1 aromatic rings. The van der Waals surface area contributed by atoms with E-state index >= 15 is 0 Å². The van der Waals surface area contributed by atoms with Gasteiger partial charge in [-0.1, -0.05) is 19.3 Å². The molecule has 5 heteroatoms. The fraction of sp³-hybridized carbons (Fsp3) is 0.750. The molecule has 0 aromatic carbocycles. The highest BCUT2D eigenvalue weighted by molar-refractivity contribution is 5.81. The van der Waals surface area contributed by atoms with E-state index in [1.54, 1.807) is 0 Å². The second kappa shape index (κ2) is 7.07. The molecule has 2 rings (SSSR count). The highest BCUT2D eigenvalue weighted by Crippen LogP contribution is 2.17. The second-order valence-corrected chi connectivity index (χ2v) is 6.22. The standard InChI is InChI=1S/C16H28N4O/c1-11-15(13(3)20(4)19-11)10-17-12(2)16(21)18-14-8-6-5-7-9-14/h12,14,17H,5-10H2,1-4H3,(H,18,21). The number of amides is 1. The van der Waals surface area contributed by atoms with E-state index < -0.39 is 0 Å². The number of hydrogen-bond donors (Lipinski definition) is 2. The molecule has 1 amide bonds. The van der Waals surface area contributed by atoms with Crippen molar-refractivity contribution in [3.8, 4) is 0 Å². The molecule has 118 valence electrons. The molecular formula is C16H28N4O. The molecule has 1 unspecified atom stereocenters. The first-order valence-corrected chi connectivity index (χ1v) is 8.02. The molecule has 0 bridgehead atoms. The number of aryl methyl sites for hydroxylation is 2. The lowest BCUT2D eigenvalue weighted by molar-refractivity contribution is -0.123. The molecule has 1 saturated carbocycles. The van der Waals surface area contributed by atoms with Crippen LogP contribution in [0.25, 0.3) is 0 Å². The highest BCUT2D eigenvalue weighted by atomic mass is 16.2. The molecule has 0 spiro atoms. The minimum atomic E-state index is -0.175. The van der Waals surface area contributed by atoms with Gasteiger partial charge < -0.3 is 10.6 Å². The summed E-state index contributed by atoms with van der Waals surface area (Å²) in [6.07, 6.45) is 6.03. The molecule has 1 aromatic heterocycles. The summed E-state index contributed by atoms with van der Waals surface area (Å²) in [5, 5.41) is 10.9. The molecule has 2 N–H and O–H groups in total. The summed E-state index contributed by atoms with van der Waals surface area (Å²) in [7, 11) is 1.95. The number of aromatic nitrogens is 2. The number of hydrogen-bond acceptors (Lipinski definition) is 3. The number of rotatable bonds is 5. The summed E-state index contributed by atoms with van der Waals surface area (Å²) < 4.78 is 1.89. The number of nitrogens with zero attached hydrogens (tertiary/aromatic N) is 2. The Morgan fingerprint density at radius 2 is 2.00 bits per heavy atom. The zero-order chi connectivity index (χ0) is 15.4. The SMILES string of the molecule is Cc1nn(C)c(C)c1CNC(C)C(=O)NC1CCCCC1. The van der Waals surface area contributed by atoms with Gasteiger partial charge in [-0.3, -0.25) is 9.48 Å². The van der Waals surface area contributed by atoms with Crippen molar-refractivity contribution < 1.29 is 4.79 Å². The predicted octanol–water partition coefficient (Wildman–Crippen LogP) is 1.96. The topological polar surface area (TPSA) is 59.0 Å². The van der Waals surface area contributed by atoms with E-state index in [0.29, 0.717) is 12.6 Å². The molecule has 0 aliphatic heterocycles. The van der Waals surface area contributed by atoms with Gasteiger partial charge in [-0.05, 0) is 33.6 Å². The van der Waals surface area contributed by atoms with Crippen molar-refractivity contribution in [3.05, 3.63) is 17.0 Å². The van der Waals surface area contributed by atoms with E-state index in [1.807, 2.05) is 25.6 Å². The maximum Gasteiger partial charge on any atom is 0.237 e. The zero-order valence-electron chi connectivity index (χ0n) is 13.7. The third-order valence-corrected chi connectivity index (χ3v) is 4.59. The van der Waals surface area contributed by atoms with Crippen LogP contribution in [0.5, 0.6) is 0 Å². The Morgan fingerprint density at radius 3 is 2.57 bits per heavy atom. The first kappa shape index (κ1) is 16.0. The first-order chi connectivity index (χ1) is 9.99. The Labute approximate surface area is 127 Å². The van der Waals surface area contributed by atoms with Crippen molar-refractivity contribution in [2.75, 3.05) is 0 Å². The van der Waals surface area contributed by atoms with Gasteiger partial charge in [-0.25, -0.2) is 0 Å². The van der Waals surface area contributed by atoms with Crippen LogP contribution in [0.3, 0.4) is 0 Å². The summed E-state index contributed by atoms with van der Waals surface area (Å²) in [6, 6.07) is 0.197. The Morgan fingerprint density at radius 1 is 1.33 bits per heavy atom. The Kier molecular flexibility index (Phi) is 5.39. The minimum absolute atomic E-state index is 0.112. The summed E-state index contributed by atoms with van der Waals surface area (Å²) in [5.74, 6) is 0.112. The zero-order valence-corrected chi connectivity index (χ0v) is 13.7. The van der Waals surface area contributed by atoms with Crippen molar-refractivity contribution in [2.24, 2.45) is 7.05 Å². The fourth-order valence-electron chi connectivity index (χ4n) is 2.99. The van der Waals surface area contributed by atoms with Crippen LogP contribution in [0.4, 0.5) is 0 Å². The van der Waals surface area contributed by atoms with Gasteiger partial charge in [-0.15, -0.1) is 0 Å². The summed E-state index contributed by atoms with van der Waals surface area (Å²) in [4.78, 5) is 12.2. The molecule has 1 heterocycles. The van der Waals surface area contributed by atoms with Crippen molar-refractivity contribution in [2.45, 2.75) is 71.5 Å². The van der Waals surface area contributed by atoms with Crippen molar-refractivity contribution >= 4 is 5.91 Å². The van der Waals surface area contributed by atoms with Gasteiger partial charge in [0.1, 0.15) is 0 Å². The monoisotopic (exact) mass is 292 g/mol. The van der Waals surface area contributed by atoms with Gasteiger partial charge in [0.15, 0.2) is 0 Å². The van der Waals surface area contributed by atoms with E-state index in [0.717, 1.165) is 24.2 Å². The van der Waals surface area contributed by atoms with E-state index in [9.17, 15) is 4.79 Å². The molecule has 1 fully saturated rings. The van der Waals surface area contributed by atoms with Gasteiger partial charge >= 0.3 is 0 Å². The molecule has 5 nitrogen and oxygen atoms in total. The quantitative estimate of drug-likeness (QED) is 0.872. The fourth-order valence-corrected chi connectivity index (χ4v) is 2.99. The summed E-state index contributed by atoms with van der Waals surface area (Å²) in [6.45, 7) is 6.69. The lowest BCUT2D eigenvalue weighted by atomic mass is 9.95. The summed E-state index contributed by atoms with van der Waals surface area (Å²) in [5.41, 5.74) is 3.37. The number of carbonyl (C=O) groups excluding carboxylic acids is 1. The van der Waals surface area contributed by atoms with Crippen molar-refractivity contribution in [1.82, 2.24) is 20.4 Å². The third kappa shape index (κ3) is 4.06. The average molecular weight is 292 g/mol. The number of carbonyl (C=O) groups is 1. The van der Waals surface area contributed by atoms with Gasteiger partial charge in [0, 0.05) is 30.9 Å². The largest absolute Gasteiger partial charge is 0.352 e. The van der Waals surface area contributed by atoms with E-state index in [1.165, 1.54) is 24.8 Å². The van der Waals surface area contributed by atoms with Crippen LogP contribution in [-0.4, -0.2) is 27.8 Å². The van der Waals surface area contributed by atoms with E-state index in [4.69, 9.17) is 0 Å². The Balaban J connectivity index is 1.83. The summed E-state index contributed by atoms with van der Waals surface area (Å²) >= 11 is 0. The van der Waals surface area contributed by atoms with Crippen LogP contribution in [0.1, 0.15) is 56.0 Å². The molecule has 21 heavy (non-hydrogen) atoms. The highest BCUT2D eigenvalue weighted by Gasteiger charge is 2.20. The lowest BCUT2D eigenvalue weighted by Gasteiger charge is -2.24. The maximum absolute atomic E-state index is 12.2. The van der Waals surface area contributed by atoms with Gasteiger partial charge in [0.05, 0.1) is 11.7 Å². The van der Waals surface area contributed by atoms with Crippen LogP contribution in [-0.2, 0) is 18.4 Å².